The SMILES string of the molecule is CC(C)(Cc1cccc(Cl)c1)C(=O)NCC(O)c1ccco1. The molecule has 0 bridgehead atoms. The van der Waals surface area contributed by atoms with E-state index in [0.717, 1.165) is 5.56 Å². The standard InChI is InChI=1S/C17H20ClNO3/c1-17(2,10-12-5-3-6-13(18)9-12)16(21)19-11-14(20)15-7-4-8-22-15/h3-9,14,20H,10-11H2,1-2H3,(H,19,21). The number of rotatable bonds is 6. The molecule has 0 fully saturated rings. The van der Waals surface area contributed by atoms with Crippen LogP contribution in [0.4, 0.5) is 0 Å². The number of halogens is 1. The van der Waals surface area contributed by atoms with Crippen LogP contribution in [0.3, 0.4) is 0 Å². The van der Waals surface area contributed by atoms with Crippen LogP contribution in [0.5, 0.6) is 0 Å². The second-order valence-electron chi connectivity index (χ2n) is 5.93. The molecule has 0 spiro atoms. The Morgan fingerprint density at radius 2 is 2.14 bits per heavy atom. The second kappa shape index (κ2) is 6.99. The maximum atomic E-state index is 12.3. The topological polar surface area (TPSA) is 62.5 Å². The number of hydrogen-bond acceptors (Lipinski definition) is 3. The molecule has 0 aliphatic heterocycles. The molecule has 2 aromatic rings. The fraction of sp³-hybridized carbons (Fsp3) is 0.353. The molecule has 1 atom stereocenters. The van der Waals surface area contributed by atoms with Gasteiger partial charge in [-0.25, -0.2) is 0 Å². The molecule has 118 valence electrons. The summed E-state index contributed by atoms with van der Waals surface area (Å²) in [4.78, 5) is 12.3. The zero-order valence-corrected chi connectivity index (χ0v) is 13.4. The number of amides is 1. The number of hydrogen-bond donors (Lipinski definition) is 2. The Balaban J connectivity index is 1.92. The van der Waals surface area contributed by atoms with Gasteiger partial charge in [0.1, 0.15) is 11.9 Å². The third-order valence-electron chi connectivity index (χ3n) is 3.48. The van der Waals surface area contributed by atoms with Crippen molar-refractivity contribution in [3.63, 3.8) is 0 Å². The normalized spacial score (nSPS) is 12.9. The summed E-state index contributed by atoms with van der Waals surface area (Å²) < 4.78 is 5.11. The first-order valence-corrected chi connectivity index (χ1v) is 7.50. The third-order valence-corrected chi connectivity index (χ3v) is 3.71. The summed E-state index contributed by atoms with van der Waals surface area (Å²) in [6.45, 7) is 3.84. The van der Waals surface area contributed by atoms with E-state index in [4.69, 9.17) is 16.0 Å². The molecule has 1 amide bonds. The summed E-state index contributed by atoms with van der Waals surface area (Å²) in [5.74, 6) is 0.311. The molecule has 4 nitrogen and oxygen atoms in total. The largest absolute Gasteiger partial charge is 0.467 e. The number of carbonyl (C=O) groups is 1. The molecular formula is C17H20ClNO3. The first kappa shape index (κ1) is 16.6. The van der Waals surface area contributed by atoms with Crippen molar-refractivity contribution >= 4 is 17.5 Å². The van der Waals surface area contributed by atoms with Crippen LogP contribution in [-0.4, -0.2) is 17.6 Å². The third kappa shape index (κ3) is 4.36. The number of carbonyl (C=O) groups excluding carboxylic acids is 1. The monoisotopic (exact) mass is 321 g/mol. The smallest absolute Gasteiger partial charge is 0.226 e. The lowest BCUT2D eigenvalue weighted by atomic mass is 9.85. The summed E-state index contributed by atoms with van der Waals surface area (Å²) in [5, 5.41) is 13.3. The summed E-state index contributed by atoms with van der Waals surface area (Å²) >= 11 is 5.97. The van der Waals surface area contributed by atoms with Crippen LogP contribution in [0.2, 0.25) is 5.02 Å². The number of furan rings is 1. The van der Waals surface area contributed by atoms with Crippen molar-refractivity contribution in [1.29, 1.82) is 0 Å². The minimum Gasteiger partial charge on any atom is -0.467 e. The first-order chi connectivity index (χ1) is 10.4. The van der Waals surface area contributed by atoms with Gasteiger partial charge in [0, 0.05) is 10.4 Å². The maximum absolute atomic E-state index is 12.3. The van der Waals surface area contributed by atoms with E-state index in [1.54, 1.807) is 18.2 Å². The molecule has 0 radical (unpaired) electrons. The van der Waals surface area contributed by atoms with E-state index in [1.165, 1.54) is 6.26 Å². The lowest BCUT2D eigenvalue weighted by Crippen LogP contribution is -2.40. The Bertz CT molecular complexity index is 623. The molecule has 2 N–H and O–H groups in total. The van der Waals surface area contributed by atoms with Gasteiger partial charge in [-0.1, -0.05) is 37.6 Å². The predicted molar refractivity (Wildman–Crippen MR) is 85.6 cm³/mol. The van der Waals surface area contributed by atoms with Gasteiger partial charge >= 0.3 is 0 Å². The van der Waals surface area contributed by atoms with E-state index in [2.05, 4.69) is 5.32 Å². The zero-order valence-electron chi connectivity index (χ0n) is 12.7. The van der Waals surface area contributed by atoms with Gasteiger partial charge in [-0.15, -0.1) is 0 Å². The van der Waals surface area contributed by atoms with Gasteiger partial charge in [-0.05, 0) is 36.2 Å². The lowest BCUT2D eigenvalue weighted by Gasteiger charge is -2.24. The molecule has 1 unspecified atom stereocenters. The van der Waals surface area contributed by atoms with Gasteiger partial charge in [0.2, 0.25) is 5.91 Å². The fourth-order valence-corrected chi connectivity index (χ4v) is 2.46. The Kier molecular flexibility index (Phi) is 5.27. The van der Waals surface area contributed by atoms with Crippen molar-refractivity contribution in [1.82, 2.24) is 5.32 Å². The molecule has 1 heterocycles. The van der Waals surface area contributed by atoms with Crippen LogP contribution >= 0.6 is 11.6 Å². The molecular weight excluding hydrogens is 302 g/mol. The van der Waals surface area contributed by atoms with E-state index >= 15 is 0 Å². The lowest BCUT2D eigenvalue weighted by molar-refractivity contribution is -0.129. The van der Waals surface area contributed by atoms with Crippen molar-refractivity contribution in [2.24, 2.45) is 5.41 Å². The van der Waals surface area contributed by atoms with E-state index < -0.39 is 11.5 Å². The van der Waals surface area contributed by atoms with E-state index in [9.17, 15) is 9.90 Å². The molecule has 0 aliphatic rings. The average Bonchev–Trinajstić information content (AvgIpc) is 2.98. The highest BCUT2D eigenvalue weighted by Gasteiger charge is 2.28. The van der Waals surface area contributed by atoms with Crippen LogP contribution in [0, 0.1) is 5.41 Å². The Hall–Kier alpha value is -1.78. The van der Waals surface area contributed by atoms with Crippen LogP contribution in [0.1, 0.15) is 31.3 Å². The first-order valence-electron chi connectivity index (χ1n) is 7.13. The van der Waals surface area contributed by atoms with Gasteiger partial charge in [-0.3, -0.25) is 4.79 Å². The van der Waals surface area contributed by atoms with E-state index in [-0.39, 0.29) is 12.5 Å². The van der Waals surface area contributed by atoms with E-state index in [1.807, 2.05) is 32.0 Å². The Labute approximate surface area is 135 Å². The van der Waals surface area contributed by atoms with Crippen molar-refractivity contribution < 1.29 is 14.3 Å². The molecule has 5 heteroatoms. The Morgan fingerprint density at radius 1 is 1.36 bits per heavy atom. The van der Waals surface area contributed by atoms with Gasteiger partial charge in [0.25, 0.3) is 0 Å². The minimum absolute atomic E-state index is 0.116. The molecule has 0 aliphatic carbocycles. The highest BCUT2D eigenvalue weighted by molar-refractivity contribution is 6.30. The zero-order chi connectivity index (χ0) is 16.2. The molecule has 0 saturated carbocycles. The summed E-state index contributed by atoms with van der Waals surface area (Å²) in [5.41, 5.74) is 0.396. The van der Waals surface area contributed by atoms with Crippen molar-refractivity contribution in [3.8, 4) is 0 Å². The van der Waals surface area contributed by atoms with Crippen LogP contribution in [0.15, 0.2) is 47.1 Å². The van der Waals surface area contributed by atoms with Crippen molar-refractivity contribution in [3.05, 3.63) is 59.0 Å². The van der Waals surface area contributed by atoms with Gasteiger partial charge in [-0.2, -0.15) is 0 Å². The highest BCUT2D eigenvalue weighted by atomic mass is 35.5. The molecule has 2 rings (SSSR count). The molecule has 22 heavy (non-hydrogen) atoms. The maximum Gasteiger partial charge on any atom is 0.226 e. The van der Waals surface area contributed by atoms with Crippen molar-refractivity contribution in [2.45, 2.75) is 26.4 Å². The Morgan fingerprint density at radius 3 is 2.77 bits per heavy atom. The number of aliphatic hydroxyl groups excluding tert-OH is 1. The van der Waals surface area contributed by atoms with Gasteiger partial charge < -0.3 is 14.8 Å². The fourth-order valence-electron chi connectivity index (χ4n) is 2.25. The second-order valence-corrected chi connectivity index (χ2v) is 6.37. The van der Waals surface area contributed by atoms with Crippen LogP contribution in [0.25, 0.3) is 0 Å². The number of benzene rings is 1. The predicted octanol–water partition coefficient (Wildman–Crippen LogP) is 3.35. The molecule has 1 aromatic heterocycles. The van der Waals surface area contributed by atoms with Crippen LogP contribution < -0.4 is 5.32 Å². The van der Waals surface area contributed by atoms with Crippen LogP contribution in [-0.2, 0) is 11.2 Å². The number of nitrogens with one attached hydrogen (secondary N) is 1. The highest BCUT2D eigenvalue weighted by Crippen LogP contribution is 2.24. The minimum atomic E-state index is -0.846. The summed E-state index contributed by atoms with van der Waals surface area (Å²) in [6.07, 6.45) is 1.21. The summed E-state index contributed by atoms with van der Waals surface area (Å²) in [7, 11) is 0. The number of aliphatic hydroxyl groups is 1. The van der Waals surface area contributed by atoms with Gasteiger partial charge in [0.05, 0.1) is 12.8 Å². The average molecular weight is 322 g/mol. The molecule has 0 saturated heterocycles. The van der Waals surface area contributed by atoms with Crippen molar-refractivity contribution in [2.75, 3.05) is 6.54 Å². The van der Waals surface area contributed by atoms with Gasteiger partial charge in [0.15, 0.2) is 0 Å². The summed E-state index contributed by atoms with van der Waals surface area (Å²) in [6, 6.07) is 10.8. The van der Waals surface area contributed by atoms with E-state index in [0.29, 0.717) is 17.2 Å². The quantitative estimate of drug-likeness (QED) is 0.857. The molecule has 1 aromatic carbocycles.